The molecule has 1 aliphatic heterocycles. The number of likely N-dealkylation sites (tertiary alicyclic amines) is 1. The fourth-order valence-electron chi connectivity index (χ4n) is 4.21. The average Bonchev–Trinajstić information content (AvgIpc) is 3.32. The standard InChI is InChI=1S/C26H34N2O5/c1-33-22-11-9-20(10-12-22)23(29)6-2-3-7-26(32)27-21(18-28-14-4-5-15-28)16-19-8-13-24(30)25(31)17-19/h8-13,17,21,30-31H,2-7,14-16,18H2,1H3,(H,27,32)/t21-/m0/s1. The third-order valence-electron chi connectivity index (χ3n) is 6.03. The number of Topliss-reactive ketones (excluding diaryl/α,β-unsaturated/α-hetero) is 1. The predicted octanol–water partition coefficient (Wildman–Crippen LogP) is 3.67. The number of nitrogens with one attached hydrogen (secondary N) is 1. The highest BCUT2D eigenvalue weighted by molar-refractivity contribution is 5.96. The summed E-state index contributed by atoms with van der Waals surface area (Å²) in [4.78, 5) is 27.3. The number of carbonyl (C=O) groups excluding carboxylic acids is 2. The number of carbonyl (C=O) groups is 2. The quantitative estimate of drug-likeness (QED) is 0.257. The fourth-order valence-corrected chi connectivity index (χ4v) is 4.21. The van der Waals surface area contributed by atoms with Gasteiger partial charge in [-0.25, -0.2) is 0 Å². The molecule has 0 aromatic heterocycles. The summed E-state index contributed by atoms with van der Waals surface area (Å²) < 4.78 is 5.11. The molecule has 2 aromatic carbocycles. The molecule has 1 saturated heterocycles. The fraction of sp³-hybridized carbons (Fsp3) is 0.462. The zero-order valence-corrected chi connectivity index (χ0v) is 19.3. The van der Waals surface area contributed by atoms with Gasteiger partial charge in [0.1, 0.15) is 5.75 Å². The number of benzene rings is 2. The summed E-state index contributed by atoms with van der Waals surface area (Å²) in [5.74, 6) is 0.453. The number of ketones is 1. The van der Waals surface area contributed by atoms with E-state index in [0.717, 1.165) is 25.2 Å². The maximum atomic E-state index is 12.6. The molecule has 33 heavy (non-hydrogen) atoms. The van der Waals surface area contributed by atoms with Crippen LogP contribution in [0.3, 0.4) is 0 Å². The van der Waals surface area contributed by atoms with E-state index in [0.29, 0.717) is 43.4 Å². The summed E-state index contributed by atoms with van der Waals surface area (Å²) in [5, 5.41) is 22.5. The Hall–Kier alpha value is -3.06. The first-order valence-corrected chi connectivity index (χ1v) is 11.6. The first kappa shape index (κ1) is 24.6. The van der Waals surface area contributed by atoms with Gasteiger partial charge in [0.15, 0.2) is 17.3 Å². The van der Waals surface area contributed by atoms with Crippen molar-refractivity contribution in [2.45, 2.75) is 51.0 Å². The van der Waals surface area contributed by atoms with Gasteiger partial charge in [-0.1, -0.05) is 6.07 Å². The molecule has 1 atom stereocenters. The lowest BCUT2D eigenvalue weighted by Crippen LogP contribution is -2.44. The van der Waals surface area contributed by atoms with Crippen molar-refractivity contribution in [2.75, 3.05) is 26.7 Å². The minimum Gasteiger partial charge on any atom is -0.504 e. The van der Waals surface area contributed by atoms with Gasteiger partial charge in [0.2, 0.25) is 5.91 Å². The molecule has 178 valence electrons. The van der Waals surface area contributed by atoms with Gasteiger partial charge in [-0.2, -0.15) is 0 Å². The average molecular weight is 455 g/mol. The number of amides is 1. The molecule has 1 fully saturated rings. The Morgan fingerprint density at radius 1 is 1.00 bits per heavy atom. The van der Waals surface area contributed by atoms with Crippen LogP contribution in [-0.2, 0) is 11.2 Å². The van der Waals surface area contributed by atoms with Crippen LogP contribution < -0.4 is 10.1 Å². The normalized spacial score (nSPS) is 14.7. The van der Waals surface area contributed by atoms with Gasteiger partial charge in [0.25, 0.3) is 0 Å². The van der Waals surface area contributed by atoms with Crippen LogP contribution in [0.15, 0.2) is 42.5 Å². The highest BCUT2D eigenvalue weighted by Crippen LogP contribution is 2.25. The van der Waals surface area contributed by atoms with Gasteiger partial charge in [0.05, 0.1) is 7.11 Å². The van der Waals surface area contributed by atoms with Gasteiger partial charge in [-0.05, 0) is 87.2 Å². The second kappa shape index (κ2) is 12.3. The first-order chi connectivity index (χ1) is 15.9. The van der Waals surface area contributed by atoms with E-state index in [2.05, 4.69) is 10.2 Å². The van der Waals surface area contributed by atoms with E-state index in [4.69, 9.17) is 4.74 Å². The molecule has 3 N–H and O–H groups in total. The maximum absolute atomic E-state index is 12.6. The van der Waals surface area contributed by atoms with Crippen LogP contribution in [0.2, 0.25) is 0 Å². The summed E-state index contributed by atoms with van der Waals surface area (Å²) in [6, 6.07) is 11.8. The largest absolute Gasteiger partial charge is 0.504 e. The minimum atomic E-state index is -0.153. The molecule has 2 aromatic rings. The summed E-state index contributed by atoms with van der Waals surface area (Å²) in [5.41, 5.74) is 1.52. The minimum absolute atomic E-state index is 0.0286. The van der Waals surface area contributed by atoms with E-state index in [1.807, 2.05) is 0 Å². The van der Waals surface area contributed by atoms with Crippen LogP contribution in [0, 0.1) is 0 Å². The van der Waals surface area contributed by atoms with Gasteiger partial charge in [-0.15, -0.1) is 0 Å². The van der Waals surface area contributed by atoms with Crippen molar-refractivity contribution in [1.29, 1.82) is 0 Å². The maximum Gasteiger partial charge on any atom is 0.220 e. The Balaban J connectivity index is 1.46. The van der Waals surface area contributed by atoms with Crippen molar-refractivity contribution < 1.29 is 24.5 Å². The van der Waals surface area contributed by atoms with Gasteiger partial charge >= 0.3 is 0 Å². The van der Waals surface area contributed by atoms with Crippen LogP contribution >= 0.6 is 0 Å². The molecule has 0 spiro atoms. The number of unbranched alkanes of at least 4 members (excludes halogenated alkanes) is 1. The molecule has 0 radical (unpaired) electrons. The third kappa shape index (κ3) is 7.79. The molecule has 3 rings (SSSR count). The Morgan fingerprint density at radius 3 is 2.36 bits per heavy atom. The molecular formula is C26H34N2O5. The van der Waals surface area contributed by atoms with Crippen molar-refractivity contribution in [3.05, 3.63) is 53.6 Å². The molecule has 1 aliphatic rings. The van der Waals surface area contributed by atoms with Crippen molar-refractivity contribution in [3.63, 3.8) is 0 Å². The monoisotopic (exact) mass is 454 g/mol. The zero-order chi connectivity index (χ0) is 23.6. The number of methoxy groups -OCH3 is 1. The number of phenols is 2. The predicted molar refractivity (Wildman–Crippen MR) is 127 cm³/mol. The van der Waals surface area contributed by atoms with Gasteiger partial charge < -0.3 is 25.2 Å². The summed E-state index contributed by atoms with van der Waals surface area (Å²) >= 11 is 0. The molecule has 0 unspecified atom stereocenters. The Labute approximate surface area is 195 Å². The van der Waals surface area contributed by atoms with Crippen LogP contribution in [0.4, 0.5) is 0 Å². The molecule has 0 bridgehead atoms. The van der Waals surface area contributed by atoms with Gasteiger partial charge in [0, 0.05) is 31.0 Å². The summed E-state index contributed by atoms with van der Waals surface area (Å²) in [6.45, 7) is 2.81. The molecule has 1 heterocycles. The molecule has 7 nitrogen and oxygen atoms in total. The number of phenolic OH excluding ortho intramolecular Hbond substituents is 2. The Kier molecular flexibility index (Phi) is 9.13. The van der Waals surface area contributed by atoms with E-state index < -0.39 is 0 Å². The number of hydrogen-bond donors (Lipinski definition) is 3. The molecule has 7 heteroatoms. The number of aromatic hydroxyl groups is 2. The van der Waals surface area contributed by atoms with Crippen LogP contribution in [0.5, 0.6) is 17.2 Å². The van der Waals surface area contributed by atoms with E-state index in [-0.39, 0.29) is 29.2 Å². The third-order valence-corrected chi connectivity index (χ3v) is 6.03. The van der Waals surface area contributed by atoms with Crippen LogP contribution in [0.25, 0.3) is 0 Å². The summed E-state index contributed by atoms with van der Waals surface area (Å²) in [6.07, 6.45) is 4.99. The smallest absolute Gasteiger partial charge is 0.220 e. The lowest BCUT2D eigenvalue weighted by molar-refractivity contribution is -0.122. The number of hydrogen-bond acceptors (Lipinski definition) is 6. The van der Waals surface area contributed by atoms with E-state index in [1.165, 1.54) is 18.9 Å². The topological polar surface area (TPSA) is 99.1 Å². The van der Waals surface area contributed by atoms with Gasteiger partial charge in [-0.3, -0.25) is 9.59 Å². The van der Waals surface area contributed by atoms with Crippen molar-refractivity contribution in [2.24, 2.45) is 0 Å². The van der Waals surface area contributed by atoms with E-state index in [9.17, 15) is 19.8 Å². The first-order valence-electron chi connectivity index (χ1n) is 11.6. The highest BCUT2D eigenvalue weighted by Gasteiger charge is 2.20. The summed E-state index contributed by atoms with van der Waals surface area (Å²) in [7, 11) is 1.59. The van der Waals surface area contributed by atoms with E-state index >= 15 is 0 Å². The molecule has 1 amide bonds. The van der Waals surface area contributed by atoms with Crippen molar-refractivity contribution in [3.8, 4) is 17.2 Å². The van der Waals surface area contributed by atoms with Crippen LogP contribution in [0.1, 0.15) is 54.4 Å². The van der Waals surface area contributed by atoms with Crippen molar-refractivity contribution >= 4 is 11.7 Å². The Bertz CT molecular complexity index is 923. The lowest BCUT2D eigenvalue weighted by atomic mass is 10.0. The number of rotatable bonds is 12. The zero-order valence-electron chi connectivity index (χ0n) is 19.3. The SMILES string of the molecule is COc1ccc(C(=O)CCCCC(=O)N[C@@H](Cc2ccc(O)c(O)c2)CN2CCCC2)cc1. The Morgan fingerprint density at radius 2 is 1.70 bits per heavy atom. The number of nitrogens with zero attached hydrogens (tertiary/aromatic N) is 1. The molecule has 0 aliphatic carbocycles. The highest BCUT2D eigenvalue weighted by atomic mass is 16.5. The molecular weight excluding hydrogens is 420 g/mol. The van der Waals surface area contributed by atoms with Crippen molar-refractivity contribution in [1.82, 2.24) is 10.2 Å². The lowest BCUT2D eigenvalue weighted by Gasteiger charge is -2.25. The number of ether oxygens (including phenoxy) is 1. The molecule has 0 saturated carbocycles. The van der Waals surface area contributed by atoms with Crippen LogP contribution in [-0.4, -0.2) is 59.6 Å². The van der Waals surface area contributed by atoms with E-state index in [1.54, 1.807) is 43.5 Å². The second-order valence-electron chi connectivity index (χ2n) is 8.66. The second-order valence-corrected chi connectivity index (χ2v) is 8.66.